The van der Waals surface area contributed by atoms with E-state index in [1.807, 2.05) is 6.07 Å². The quantitative estimate of drug-likeness (QED) is 0.512. The van der Waals surface area contributed by atoms with E-state index in [2.05, 4.69) is 11.9 Å². The number of hydrogen-bond donors (Lipinski definition) is 1. The average molecular weight is 543 g/mol. The van der Waals surface area contributed by atoms with E-state index in [1.165, 1.54) is 0 Å². The molecule has 5 nitrogen and oxygen atoms in total. The van der Waals surface area contributed by atoms with Crippen molar-refractivity contribution in [3.8, 4) is 0 Å². The number of rotatable bonds is 7. The molecule has 2 N–H and O–H groups in total. The first-order valence-corrected chi connectivity index (χ1v) is 12.8. The molecule has 4 rings (SSSR count). The number of hydrogen-bond acceptors (Lipinski definition) is 3. The van der Waals surface area contributed by atoms with Gasteiger partial charge in [0.2, 0.25) is 11.8 Å². The van der Waals surface area contributed by atoms with Gasteiger partial charge >= 0.3 is 0 Å². The molecule has 1 saturated carbocycles. The Morgan fingerprint density at radius 1 is 1.03 bits per heavy atom. The van der Waals surface area contributed by atoms with E-state index in [9.17, 15) is 9.59 Å². The summed E-state index contributed by atoms with van der Waals surface area (Å²) in [6.45, 7) is 1.66. The minimum Gasteiger partial charge on any atom is -0.368 e. The van der Waals surface area contributed by atoms with Crippen LogP contribution < -0.4 is 5.73 Å². The summed E-state index contributed by atoms with van der Waals surface area (Å²) in [6, 6.07) is 9.39. The van der Waals surface area contributed by atoms with Gasteiger partial charge in [-0.25, -0.2) is 0 Å². The second-order valence-electron chi connectivity index (χ2n) is 9.31. The number of piperidine rings is 1. The molecule has 34 heavy (non-hydrogen) atoms. The lowest BCUT2D eigenvalue weighted by Crippen LogP contribution is -2.58. The van der Waals surface area contributed by atoms with E-state index in [4.69, 9.17) is 52.1 Å². The van der Waals surface area contributed by atoms with Crippen LogP contribution in [0.3, 0.4) is 0 Å². The number of benzene rings is 2. The minimum atomic E-state index is -0.844. The smallest absolute Gasteiger partial charge is 0.240 e. The number of carbonyl (C=O) groups is 2. The van der Waals surface area contributed by atoms with E-state index in [-0.39, 0.29) is 18.4 Å². The van der Waals surface area contributed by atoms with Gasteiger partial charge in [0.25, 0.3) is 0 Å². The van der Waals surface area contributed by atoms with Gasteiger partial charge in [-0.1, -0.05) is 58.5 Å². The van der Waals surface area contributed by atoms with Crippen molar-refractivity contribution in [3.05, 3.63) is 67.6 Å². The predicted molar refractivity (Wildman–Crippen MR) is 138 cm³/mol. The first-order chi connectivity index (χ1) is 16.1. The van der Waals surface area contributed by atoms with Crippen LogP contribution in [-0.4, -0.2) is 53.8 Å². The maximum Gasteiger partial charge on any atom is 0.240 e. The standard InChI is InChI=1S/C25H27Cl4N3O2/c1-31-10-6-18(7-11-31)32(22(23(30)33)12-15-2-3-16(26)13-20(15)28)24(34)25(8-9-25)19-5-4-17(27)14-21(19)29/h2-5,13-14,18,22H,6-12H2,1H3,(H2,30,33)/t22-/m0/s1. The van der Waals surface area contributed by atoms with Crippen molar-refractivity contribution in [2.24, 2.45) is 5.73 Å². The molecule has 1 atom stereocenters. The number of nitrogens with zero attached hydrogens (tertiary/aromatic N) is 2. The zero-order valence-corrected chi connectivity index (χ0v) is 21.9. The van der Waals surface area contributed by atoms with Gasteiger partial charge in [0.1, 0.15) is 6.04 Å². The minimum absolute atomic E-state index is 0.111. The number of primary amides is 1. The summed E-state index contributed by atoms with van der Waals surface area (Å²) in [4.78, 5) is 31.1. The van der Waals surface area contributed by atoms with Crippen molar-refractivity contribution in [2.75, 3.05) is 20.1 Å². The SMILES string of the molecule is CN1CCC(N(C(=O)C2(c3ccc(Cl)cc3Cl)CC2)[C@@H](Cc2ccc(Cl)cc2Cl)C(N)=O)CC1. The normalized spacial score (nSPS) is 19.0. The van der Waals surface area contributed by atoms with Gasteiger partial charge in [-0.05, 0) is 81.2 Å². The van der Waals surface area contributed by atoms with Gasteiger partial charge in [0.15, 0.2) is 0 Å². The van der Waals surface area contributed by atoms with Crippen molar-refractivity contribution in [1.82, 2.24) is 9.80 Å². The molecule has 0 radical (unpaired) electrons. The summed E-state index contributed by atoms with van der Waals surface area (Å²) < 4.78 is 0. The molecule has 2 fully saturated rings. The summed E-state index contributed by atoms with van der Waals surface area (Å²) in [5.41, 5.74) is 6.62. The van der Waals surface area contributed by atoms with Gasteiger partial charge in [0, 0.05) is 32.6 Å². The molecule has 2 aromatic rings. The van der Waals surface area contributed by atoms with Crippen molar-refractivity contribution >= 4 is 58.2 Å². The Balaban J connectivity index is 1.73. The average Bonchev–Trinajstić information content (AvgIpc) is 3.57. The molecule has 1 saturated heterocycles. The summed E-state index contributed by atoms with van der Waals surface area (Å²) >= 11 is 25.1. The molecule has 1 heterocycles. The third kappa shape index (κ3) is 5.19. The van der Waals surface area contributed by atoms with Gasteiger partial charge in [-0.3, -0.25) is 9.59 Å². The number of amides is 2. The lowest BCUT2D eigenvalue weighted by Gasteiger charge is -2.42. The Kier molecular flexibility index (Phi) is 7.70. The van der Waals surface area contributed by atoms with Crippen LogP contribution in [0.5, 0.6) is 0 Å². The lowest BCUT2D eigenvalue weighted by molar-refractivity contribution is -0.145. The van der Waals surface area contributed by atoms with Crippen LogP contribution in [-0.2, 0) is 21.4 Å². The highest BCUT2D eigenvalue weighted by atomic mass is 35.5. The van der Waals surface area contributed by atoms with E-state index in [1.54, 1.807) is 35.2 Å². The Morgan fingerprint density at radius 2 is 1.62 bits per heavy atom. The zero-order chi connectivity index (χ0) is 24.6. The molecule has 1 aliphatic heterocycles. The molecule has 0 unspecified atom stereocenters. The van der Waals surface area contributed by atoms with Crippen LogP contribution in [0.1, 0.15) is 36.8 Å². The molecule has 1 aliphatic carbocycles. The van der Waals surface area contributed by atoms with Crippen LogP contribution in [0, 0.1) is 0 Å². The molecule has 0 aromatic heterocycles. The Morgan fingerprint density at radius 3 is 2.15 bits per heavy atom. The predicted octanol–water partition coefficient (Wildman–Crippen LogP) is 5.35. The molecule has 2 aliphatic rings. The number of carbonyl (C=O) groups excluding carboxylic acids is 2. The second-order valence-corrected chi connectivity index (χ2v) is 11.0. The monoisotopic (exact) mass is 541 g/mol. The van der Waals surface area contributed by atoms with Crippen LogP contribution >= 0.6 is 46.4 Å². The molecule has 2 amide bonds. The molecule has 9 heteroatoms. The largest absolute Gasteiger partial charge is 0.368 e. The van der Waals surface area contributed by atoms with Gasteiger partial charge in [-0.2, -0.15) is 0 Å². The second kappa shape index (κ2) is 10.2. The van der Waals surface area contributed by atoms with E-state index in [0.29, 0.717) is 32.9 Å². The summed E-state index contributed by atoms with van der Waals surface area (Å²) in [5, 5.41) is 1.91. The molecular formula is C25H27Cl4N3O2. The van der Waals surface area contributed by atoms with Crippen LogP contribution in [0.2, 0.25) is 20.1 Å². The number of likely N-dealkylation sites (tertiary alicyclic amines) is 1. The van der Waals surface area contributed by atoms with Crippen molar-refractivity contribution in [2.45, 2.75) is 49.6 Å². The highest BCUT2D eigenvalue weighted by Gasteiger charge is 2.56. The van der Waals surface area contributed by atoms with Gasteiger partial charge < -0.3 is 15.5 Å². The van der Waals surface area contributed by atoms with Crippen LogP contribution in [0.4, 0.5) is 0 Å². The fourth-order valence-electron chi connectivity index (χ4n) is 4.91. The van der Waals surface area contributed by atoms with Crippen molar-refractivity contribution < 1.29 is 9.59 Å². The van der Waals surface area contributed by atoms with Crippen LogP contribution in [0.15, 0.2) is 36.4 Å². The Hall–Kier alpha value is -1.50. The highest BCUT2D eigenvalue weighted by molar-refractivity contribution is 6.35. The Labute approximate surface area is 220 Å². The van der Waals surface area contributed by atoms with Crippen molar-refractivity contribution in [1.29, 1.82) is 0 Å². The lowest BCUT2D eigenvalue weighted by atomic mass is 9.89. The Bertz CT molecular complexity index is 1100. The maximum absolute atomic E-state index is 14.3. The molecular weight excluding hydrogens is 516 g/mol. The van der Waals surface area contributed by atoms with E-state index >= 15 is 0 Å². The number of nitrogens with two attached hydrogens (primary N) is 1. The third-order valence-electron chi connectivity index (χ3n) is 7.01. The topological polar surface area (TPSA) is 66.6 Å². The highest BCUT2D eigenvalue weighted by Crippen LogP contribution is 2.53. The summed E-state index contributed by atoms with van der Waals surface area (Å²) in [7, 11) is 2.05. The summed E-state index contributed by atoms with van der Waals surface area (Å²) in [6.07, 6.45) is 3.04. The fraction of sp³-hybridized carbons (Fsp3) is 0.440. The summed E-state index contributed by atoms with van der Waals surface area (Å²) in [5.74, 6) is -0.670. The van der Waals surface area contributed by atoms with Crippen molar-refractivity contribution in [3.63, 3.8) is 0 Å². The van der Waals surface area contributed by atoms with Gasteiger partial charge in [-0.15, -0.1) is 0 Å². The zero-order valence-electron chi connectivity index (χ0n) is 18.9. The van der Waals surface area contributed by atoms with Gasteiger partial charge in [0.05, 0.1) is 5.41 Å². The first-order valence-electron chi connectivity index (χ1n) is 11.3. The molecule has 0 bridgehead atoms. The molecule has 0 spiro atoms. The maximum atomic E-state index is 14.3. The molecule has 2 aromatic carbocycles. The van der Waals surface area contributed by atoms with E-state index in [0.717, 1.165) is 37.1 Å². The first kappa shape index (κ1) is 25.6. The fourth-order valence-corrected chi connectivity index (χ4v) is 5.99. The third-order valence-corrected chi connectivity index (χ3v) is 8.15. The van der Waals surface area contributed by atoms with Crippen LogP contribution in [0.25, 0.3) is 0 Å². The van der Waals surface area contributed by atoms with E-state index < -0.39 is 17.4 Å². The number of halogens is 4. The molecule has 182 valence electrons.